The van der Waals surface area contributed by atoms with Crippen LogP contribution in [-0.4, -0.2) is 18.3 Å². The van der Waals surface area contributed by atoms with E-state index in [9.17, 15) is 18.5 Å². The first-order chi connectivity index (χ1) is 9.79. The summed E-state index contributed by atoms with van der Waals surface area (Å²) in [5.41, 5.74) is -0.0968. The van der Waals surface area contributed by atoms with Gasteiger partial charge in [0.05, 0.1) is 15.5 Å². The van der Waals surface area contributed by atoms with E-state index in [-0.39, 0.29) is 21.4 Å². The molecule has 0 saturated heterocycles. The van der Waals surface area contributed by atoms with E-state index < -0.39 is 14.9 Å². The van der Waals surface area contributed by atoms with E-state index >= 15 is 0 Å². The molecule has 0 aliphatic heterocycles. The highest BCUT2D eigenvalue weighted by molar-refractivity contribution is 9.10. The fourth-order valence-corrected chi connectivity index (χ4v) is 3.04. The van der Waals surface area contributed by atoms with Crippen LogP contribution in [0.3, 0.4) is 0 Å². The van der Waals surface area contributed by atoms with Crippen molar-refractivity contribution >= 4 is 48.9 Å². The normalized spacial score (nSPS) is 11.1. The zero-order valence-electron chi connectivity index (χ0n) is 10.2. The molecule has 0 spiro atoms. The molecule has 2 aromatic rings. The highest BCUT2D eigenvalue weighted by Gasteiger charge is 2.17. The van der Waals surface area contributed by atoms with Gasteiger partial charge in [0, 0.05) is 22.8 Å². The van der Waals surface area contributed by atoms with Crippen molar-refractivity contribution in [3.05, 3.63) is 56.3 Å². The van der Waals surface area contributed by atoms with Gasteiger partial charge in [-0.3, -0.25) is 14.8 Å². The fourth-order valence-electron chi connectivity index (χ4n) is 1.44. The average Bonchev–Trinajstić information content (AvgIpc) is 2.43. The molecule has 21 heavy (non-hydrogen) atoms. The van der Waals surface area contributed by atoms with Crippen molar-refractivity contribution in [3.8, 4) is 0 Å². The predicted molar refractivity (Wildman–Crippen MR) is 80.9 cm³/mol. The number of benzene rings is 1. The maximum absolute atomic E-state index is 12.2. The molecule has 110 valence electrons. The van der Waals surface area contributed by atoms with Crippen LogP contribution in [-0.2, 0) is 10.0 Å². The lowest BCUT2D eigenvalue weighted by atomic mass is 10.3. The summed E-state index contributed by atoms with van der Waals surface area (Å²) in [5, 5.41) is 10.5. The van der Waals surface area contributed by atoms with Crippen LogP contribution in [0.5, 0.6) is 0 Å². The van der Waals surface area contributed by atoms with Gasteiger partial charge >= 0.3 is 0 Å². The number of aromatic nitrogens is 1. The van der Waals surface area contributed by atoms with Gasteiger partial charge in [0.15, 0.2) is 5.15 Å². The minimum Gasteiger partial charge on any atom is -0.276 e. The van der Waals surface area contributed by atoms with E-state index in [1.54, 1.807) is 0 Å². The molecule has 1 heterocycles. The highest BCUT2D eigenvalue weighted by atomic mass is 79.9. The van der Waals surface area contributed by atoms with E-state index in [0.29, 0.717) is 4.47 Å². The topological polar surface area (TPSA) is 102 Å². The second kappa shape index (κ2) is 5.96. The number of rotatable bonds is 4. The molecule has 10 heteroatoms. The Morgan fingerprint density at radius 1 is 1.29 bits per heavy atom. The third kappa shape index (κ3) is 3.69. The summed E-state index contributed by atoms with van der Waals surface area (Å²) in [6, 6.07) is 5.95. The minimum atomic E-state index is -3.91. The molecule has 1 aromatic carbocycles. The second-order valence-corrected chi connectivity index (χ2v) is 6.80. The van der Waals surface area contributed by atoms with E-state index in [2.05, 4.69) is 25.6 Å². The lowest BCUT2D eigenvalue weighted by Gasteiger charge is -2.09. The number of non-ortho nitro benzene ring substituents is 1. The van der Waals surface area contributed by atoms with Crippen molar-refractivity contribution in [2.45, 2.75) is 4.90 Å². The molecule has 2 rings (SSSR count). The van der Waals surface area contributed by atoms with Gasteiger partial charge in [-0.25, -0.2) is 13.4 Å². The molecule has 0 aliphatic carbocycles. The Morgan fingerprint density at radius 3 is 2.48 bits per heavy atom. The number of sulfonamides is 1. The van der Waals surface area contributed by atoms with Crippen LogP contribution in [0.15, 0.2) is 45.9 Å². The lowest BCUT2D eigenvalue weighted by Crippen LogP contribution is -2.13. The third-order valence-corrected chi connectivity index (χ3v) is 4.52. The number of nitrogens with zero attached hydrogens (tertiary/aromatic N) is 2. The van der Waals surface area contributed by atoms with Gasteiger partial charge in [0.25, 0.3) is 15.7 Å². The quantitative estimate of drug-likeness (QED) is 0.489. The Hall–Kier alpha value is -1.71. The van der Waals surface area contributed by atoms with E-state index in [1.165, 1.54) is 12.3 Å². The molecular formula is C11H7BrClN3O4S. The highest BCUT2D eigenvalue weighted by Crippen LogP contribution is 2.26. The molecule has 0 aliphatic rings. The summed E-state index contributed by atoms with van der Waals surface area (Å²) in [6.07, 6.45) is 1.42. The Labute approximate surface area is 133 Å². The molecule has 0 amide bonds. The molecule has 0 radical (unpaired) electrons. The first kappa shape index (κ1) is 15.7. The summed E-state index contributed by atoms with van der Waals surface area (Å²) in [7, 11) is -3.91. The number of anilines is 1. The van der Waals surface area contributed by atoms with E-state index in [1.807, 2.05) is 0 Å². The van der Waals surface area contributed by atoms with Crippen LogP contribution >= 0.6 is 27.5 Å². The fraction of sp³-hybridized carbons (Fsp3) is 0. The summed E-state index contributed by atoms with van der Waals surface area (Å²) in [4.78, 5) is 13.6. The molecule has 7 nitrogen and oxygen atoms in total. The monoisotopic (exact) mass is 391 g/mol. The Morgan fingerprint density at radius 2 is 1.90 bits per heavy atom. The molecule has 0 bridgehead atoms. The molecular weight excluding hydrogens is 386 g/mol. The molecule has 0 saturated carbocycles. The first-order valence-corrected chi connectivity index (χ1v) is 8.03. The lowest BCUT2D eigenvalue weighted by molar-refractivity contribution is -0.384. The summed E-state index contributed by atoms with van der Waals surface area (Å²) in [6.45, 7) is 0. The van der Waals surface area contributed by atoms with Crippen LogP contribution in [0, 0.1) is 10.1 Å². The molecule has 1 N–H and O–H groups in total. The average molecular weight is 393 g/mol. The van der Waals surface area contributed by atoms with Crippen LogP contribution in [0.2, 0.25) is 5.15 Å². The Kier molecular flexibility index (Phi) is 4.45. The SMILES string of the molecule is O=[N+]([O-])c1ccc(S(=O)(=O)Nc2cc(Br)cnc2Cl)cc1. The van der Waals surface area contributed by atoms with Gasteiger partial charge < -0.3 is 0 Å². The van der Waals surface area contributed by atoms with Gasteiger partial charge in [0.1, 0.15) is 0 Å². The molecule has 0 fully saturated rings. The van der Waals surface area contributed by atoms with E-state index in [0.717, 1.165) is 24.3 Å². The number of hydrogen-bond donors (Lipinski definition) is 1. The van der Waals surface area contributed by atoms with Crippen LogP contribution in [0.4, 0.5) is 11.4 Å². The van der Waals surface area contributed by atoms with Gasteiger partial charge in [-0.15, -0.1) is 0 Å². The number of pyridine rings is 1. The standard InChI is InChI=1S/C11H7BrClN3O4S/c12-7-5-10(11(13)14-6-7)15-21(19,20)9-3-1-8(2-4-9)16(17)18/h1-6,15H. The maximum atomic E-state index is 12.2. The van der Waals surface area contributed by atoms with Crippen LogP contribution in [0.25, 0.3) is 0 Å². The minimum absolute atomic E-state index is 0.0105. The van der Waals surface area contributed by atoms with Crippen molar-refractivity contribution in [2.75, 3.05) is 4.72 Å². The smallest absolute Gasteiger partial charge is 0.269 e. The number of nitrogens with one attached hydrogen (secondary N) is 1. The van der Waals surface area contributed by atoms with Gasteiger partial charge in [0.2, 0.25) is 0 Å². The van der Waals surface area contributed by atoms with Crippen molar-refractivity contribution in [2.24, 2.45) is 0 Å². The molecule has 0 unspecified atom stereocenters. The zero-order valence-corrected chi connectivity index (χ0v) is 13.3. The van der Waals surface area contributed by atoms with Crippen LogP contribution < -0.4 is 4.72 Å². The number of halogens is 2. The number of hydrogen-bond acceptors (Lipinski definition) is 5. The summed E-state index contributed by atoms with van der Waals surface area (Å²) >= 11 is 8.96. The third-order valence-electron chi connectivity index (χ3n) is 2.41. The predicted octanol–water partition coefficient (Wildman–Crippen LogP) is 3.21. The first-order valence-electron chi connectivity index (χ1n) is 5.38. The van der Waals surface area contributed by atoms with Crippen molar-refractivity contribution in [1.82, 2.24) is 4.98 Å². The van der Waals surface area contributed by atoms with Crippen molar-refractivity contribution < 1.29 is 13.3 Å². The number of nitro groups is 1. The molecule has 1 aromatic heterocycles. The van der Waals surface area contributed by atoms with Crippen LogP contribution in [0.1, 0.15) is 0 Å². The second-order valence-electron chi connectivity index (χ2n) is 3.85. The number of nitro benzene ring substituents is 1. The Balaban J connectivity index is 2.34. The maximum Gasteiger partial charge on any atom is 0.269 e. The summed E-state index contributed by atoms with van der Waals surface area (Å²) in [5.74, 6) is 0. The largest absolute Gasteiger partial charge is 0.276 e. The van der Waals surface area contributed by atoms with Crippen molar-refractivity contribution in [3.63, 3.8) is 0 Å². The van der Waals surface area contributed by atoms with Gasteiger partial charge in [-0.1, -0.05) is 11.6 Å². The van der Waals surface area contributed by atoms with Gasteiger partial charge in [-0.05, 0) is 34.1 Å². The molecule has 0 atom stereocenters. The Bertz CT molecular complexity index is 796. The van der Waals surface area contributed by atoms with Gasteiger partial charge in [-0.2, -0.15) is 0 Å². The van der Waals surface area contributed by atoms with E-state index in [4.69, 9.17) is 11.6 Å². The zero-order chi connectivity index (χ0) is 15.6. The summed E-state index contributed by atoms with van der Waals surface area (Å²) < 4.78 is 27.1. The van der Waals surface area contributed by atoms with Crippen molar-refractivity contribution in [1.29, 1.82) is 0 Å².